The second-order valence-corrected chi connectivity index (χ2v) is 6.62. The van der Waals surface area contributed by atoms with Gasteiger partial charge in [-0.05, 0) is 47.8 Å². The first kappa shape index (κ1) is 9.19. The predicted molar refractivity (Wildman–Crippen MR) is 63.7 cm³/mol. The Balaban J connectivity index is 2.15. The lowest BCUT2D eigenvalue weighted by Gasteiger charge is -2.31. The fourth-order valence-electron chi connectivity index (χ4n) is 2.75. The zero-order valence-corrected chi connectivity index (χ0v) is 10.5. The lowest BCUT2D eigenvalue weighted by Crippen LogP contribution is -2.33. The quantitative estimate of drug-likeness (QED) is 0.787. The highest BCUT2D eigenvalue weighted by atomic mass is 79.9. The first-order valence-electron chi connectivity index (χ1n) is 4.97. The molecule has 2 aliphatic rings. The molecule has 2 atom stereocenters. The van der Waals surface area contributed by atoms with E-state index in [4.69, 9.17) is 5.73 Å². The van der Waals surface area contributed by atoms with Crippen LogP contribution in [0.1, 0.15) is 29.3 Å². The van der Waals surface area contributed by atoms with Crippen LogP contribution in [-0.2, 0) is 6.42 Å². The van der Waals surface area contributed by atoms with Gasteiger partial charge >= 0.3 is 0 Å². The van der Waals surface area contributed by atoms with Crippen molar-refractivity contribution in [1.82, 2.24) is 4.90 Å². The Labute approximate surface area is 96.2 Å². The SMILES string of the molecule is CN1C2CCC1c1sc(Br)c(N)c1C2. The Morgan fingerprint density at radius 3 is 3.07 bits per heavy atom. The summed E-state index contributed by atoms with van der Waals surface area (Å²) in [5.74, 6) is 0. The average molecular weight is 273 g/mol. The number of hydrogen-bond acceptors (Lipinski definition) is 3. The van der Waals surface area contributed by atoms with Crippen molar-refractivity contribution in [3.63, 3.8) is 0 Å². The zero-order chi connectivity index (χ0) is 9.87. The molecule has 1 aromatic heterocycles. The summed E-state index contributed by atoms with van der Waals surface area (Å²) in [5.41, 5.74) is 8.49. The van der Waals surface area contributed by atoms with Crippen molar-refractivity contribution in [3.05, 3.63) is 14.2 Å². The maximum atomic E-state index is 6.07. The second kappa shape index (κ2) is 2.97. The zero-order valence-electron chi connectivity index (χ0n) is 8.09. The summed E-state index contributed by atoms with van der Waals surface area (Å²) in [7, 11) is 2.25. The van der Waals surface area contributed by atoms with Gasteiger partial charge in [-0.2, -0.15) is 0 Å². The molecule has 1 fully saturated rings. The molecular formula is C10H13BrN2S. The monoisotopic (exact) mass is 272 g/mol. The predicted octanol–water partition coefficient (Wildman–Crippen LogP) is 2.78. The number of nitrogens with two attached hydrogens (primary N) is 1. The van der Waals surface area contributed by atoms with Crippen LogP contribution in [0.3, 0.4) is 0 Å². The highest BCUT2D eigenvalue weighted by Crippen LogP contribution is 2.50. The van der Waals surface area contributed by atoms with Crippen molar-refractivity contribution in [2.45, 2.75) is 31.3 Å². The summed E-state index contributed by atoms with van der Waals surface area (Å²) < 4.78 is 1.13. The van der Waals surface area contributed by atoms with E-state index < -0.39 is 0 Å². The molecule has 2 unspecified atom stereocenters. The van der Waals surface area contributed by atoms with Crippen molar-refractivity contribution >= 4 is 33.0 Å². The van der Waals surface area contributed by atoms with E-state index in [2.05, 4.69) is 27.9 Å². The standard InChI is InChI=1S/C10H13BrN2S/c1-13-5-2-3-7(13)9-6(4-5)8(12)10(11)14-9/h5,7H,2-4,12H2,1H3. The molecule has 76 valence electrons. The summed E-state index contributed by atoms with van der Waals surface area (Å²) in [5, 5.41) is 0. The second-order valence-electron chi connectivity index (χ2n) is 4.25. The van der Waals surface area contributed by atoms with Crippen LogP contribution in [0, 0.1) is 0 Å². The first-order valence-corrected chi connectivity index (χ1v) is 6.58. The maximum Gasteiger partial charge on any atom is 0.0933 e. The number of halogens is 1. The number of fused-ring (bicyclic) bond motifs is 4. The van der Waals surface area contributed by atoms with Crippen LogP contribution < -0.4 is 5.73 Å². The molecule has 0 saturated carbocycles. The smallest absolute Gasteiger partial charge is 0.0933 e. The largest absolute Gasteiger partial charge is 0.397 e. The maximum absolute atomic E-state index is 6.07. The van der Waals surface area contributed by atoms with Gasteiger partial charge in [-0.3, -0.25) is 4.90 Å². The molecule has 14 heavy (non-hydrogen) atoms. The minimum atomic E-state index is 0.641. The molecule has 3 heterocycles. The molecule has 2 aliphatic heterocycles. The van der Waals surface area contributed by atoms with E-state index in [1.807, 2.05) is 11.3 Å². The Hall–Kier alpha value is -0.0600. The summed E-state index contributed by atoms with van der Waals surface area (Å²) in [6.07, 6.45) is 3.79. The molecule has 2 bridgehead atoms. The normalized spacial score (nSPS) is 30.7. The number of nitrogen functional groups attached to an aromatic ring is 1. The summed E-state index contributed by atoms with van der Waals surface area (Å²) >= 11 is 5.37. The summed E-state index contributed by atoms with van der Waals surface area (Å²) in [6.45, 7) is 0. The van der Waals surface area contributed by atoms with Gasteiger partial charge < -0.3 is 5.73 Å². The molecule has 0 spiro atoms. The van der Waals surface area contributed by atoms with Gasteiger partial charge in [-0.1, -0.05) is 0 Å². The summed E-state index contributed by atoms with van der Waals surface area (Å²) in [4.78, 5) is 4.02. The van der Waals surface area contributed by atoms with Crippen molar-refractivity contribution in [2.24, 2.45) is 0 Å². The van der Waals surface area contributed by atoms with Gasteiger partial charge in [0.25, 0.3) is 0 Å². The average Bonchev–Trinajstić information content (AvgIpc) is 2.57. The van der Waals surface area contributed by atoms with Crippen molar-refractivity contribution in [2.75, 3.05) is 12.8 Å². The third kappa shape index (κ3) is 1.05. The number of thiophene rings is 1. The topological polar surface area (TPSA) is 29.3 Å². The van der Waals surface area contributed by atoms with Crippen molar-refractivity contribution in [3.8, 4) is 0 Å². The van der Waals surface area contributed by atoms with Crippen molar-refractivity contribution < 1.29 is 0 Å². The van der Waals surface area contributed by atoms with Crippen LogP contribution in [0.25, 0.3) is 0 Å². The molecule has 3 rings (SSSR count). The van der Waals surface area contributed by atoms with Crippen LogP contribution in [0.4, 0.5) is 5.69 Å². The number of anilines is 1. The van der Waals surface area contributed by atoms with Crippen LogP contribution in [0.5, 0.6) is 0 Å². The third-order valence-corrected chi connectivity index (χ3v) is 5.67. The number of rotatable bonds is 0. The molecule has 1 saturated heterocycles. The van der Waals surface area contributed by atoms with Gasteiger partial charge in [-0.25, -0.2) is 0 Å². The highest BCUT2D eigenvalue weighted by Gasteiger charge is 2.39. The minimum absolute atomic E-state index is 0.641. The summed E-state index contributed by atoms with van der Waals surface area (Å²) in [6, 6.07) is 1.37. The molecule has 0 aliphatic carbocycles. The van der Waals surface area contributed by atoms with Gasteiger partial charge in [0.05, 0.1) is 9.47 Å². The van der Waals surface area contributed by atoms with Gasteiger partial charge in [0.15, 0.2) is 0 Å². The van der Waals surface area contributed by atoms with E-state index in [1.54, 1.807) is 0 Å². The van der Waals surface area contributed by atoms with E-state index in [0.29, 0.717) is 6.04 Å². The molecular weight excluding hydrogens is 260 g/mol. The fourth-order valence-corrected chi connectivity index (χ4v) is 4.68. The van der Waals surface area contributed by atoms with Gasteiger partial charge in [0.1, 0.15) is 0 Å². The Morgan fingerprint density at radius 2 is 2.29 bits per heavy atom. The van der Waals surface area contributed by atoms with E-state index in [9.17, 15) is 0 Å². The molecule has 4 heteroatoms. The Kier molecular flexibility index (Phi) is 1.95. The number of likely N-dealkylation sites (N-methyl/N-ethyl adjacent to an activating group) is 1. The van der Waals surface area contributed by atoms with Gasteiger partial charge in [0, 0.05) is 17.0 Å². The third-order valence-electron chi connectivity index (χ3n) is 3.62. The molecule has 1 aromatic rings. The molecule has 2 nitrogen and oxygen atoms in total. The molecule has 0 radical (unpaired) electrons. The van der Waals surface area contributed by atoms with Crippen molar-refractivity contribution in [1.29, 1.82) is 0 Å². The number of hydrogen-bond donors (Lipinski definition) is 1. The number of nitrogens with zero attached hydrogens (tertiary/aromatic N) is 1. The van der Waals surface area contributed by atoms with Gasteiger partial charge in [-0.15, -0.1) is 11.3 Å². The van der Waals surface area contributed by atoms with Crippen LogP contribution in [-0.4, -0.2) is 18.0 Å². The molecule has 0 aromatic carbocycles. The van der Waals surface area contributed by atoms with E-state index in [1.165, 1.54) is 23.3 Å². The lowest BCUT2D eigenvalue weighted by atomic mass is 10.0. The van der Waals surface area contributed by atoms with E-state index >= 15 is 0 Å². The Morgan fingerprint density at radius 1 is 1.50 bits per heavy atom. The minimum Gasteiger partial charge on any atom is -0.397 e. The Bertz CT molecular complexity index is 388. The van der Waals surface area contributed by atoms with E-state index in [0.717, 1.165) is 21.9 Å². The fraction of sp³-hybridized carbons (Fsp3) is 0.600. The first-order chi connectivity index (χ1) is 6.68. The van der Waals surface area contributed by atoms with Crippen LogP contribution in [0.15, 0.2) is 3.79 Å². The van der Waals surface area contributed by atoms with Crippen LogP contribution >= 0.6 is 27.3 Å². The van der Waals surface area contributed by atoms with Gasteiger partial charge in [0.2, 0.25) is 0 Å². The molecule has 0 amide bonds. The lowest BCUT2D eigenvalue weighted by molar-refractivity contribution is 0.228. The molecule has 2 N–H and O–H groups in total. The van der Waals surface area contributed by atoms with E-state index in [-0.39, 0.29) is 0 Å². The van der Waals surface area contributed by atoms with Crippen LogP contribution in [0.2, 0.25) is 0 Å². The highest BCUT2D eigenvalue weighted by molar-refractivity contribution is 9.11.